The van der Waals surface area contributed by atoms with Gasteiger partial charge in [0.25, 0.3) is 5.95 Å². The molecule has 1 atom stereocenters. The zero-order valence-corrected chi connectivity index (χ0v) is 4.97. The number of fused-ring (bicyclic) bond motifs is 1. The quantitative estimate of drug-likeness (QED) is 0.483. The summed E-state index contributed by atoms with van der Waals surface area (Å²) in [5.74, 6) is 0.409. The Hall–Kier alpha value is -1.43. The number of aliphatic hydroxyl groups is 1. The molecule has 1 aromatic heterocycles. The molecular weight excluding hydrogens is 134 g/mol. The molecule has 6 heteroatoms. The van der Waals surface area contributed by atoms with Crippen LogP contribution in [-0.4, -0.2) is 26.2 Å². The van der Waals surface area contributed by atoms with Crippen molar-refractivity contribution in [2.75, 3.05) is 0 Å². The molecule has 52 valence electrons. The fourth-order valence-corrected chi connectivity index (χ4v) is 0.741. The van der Waals surface area contributed by atoms with Crippen molar-refractivity contribution in [3.63, 3.8) is 0 Å². The molecule has 2 heterocycles. The molecule has 1 aliphatic heterocycles. The maximum atomic E-state index is 9.11. The van der Waals surface area contributed by atoms with Gasteiger partial charge in [-0.05, 0) is 0 Å². The van der Waals surface area contributed by atoms with E-state index < -0.39 is 6.35 Å². The van der Waals surface area contributed by atoms with Crippen molar-refractivity contribution in [3.8, 4) is 0 Å². The fraction of sp³-hybridized carbons (Fsp3) is 0.250. The first-order valence-corrected chi connectivity index (χ1v) is 2.74. The molecule has 0 amide bonds. The van der Waals surface area contributed by atoms with E-state index in [9.17, 15) is 0 Å². The van der Waals surface area contributed by atoms with Gasteiger partial charge in [0.1, 0.15) is 6.33 Å². The van der Waals surface area contributed by atoms with Gasteiger partial charge in [0.2, 0.25) is 6.35 Å². The van der Waals surface area contributed by atoms with Crippen molar-refractivity contribution < 1.29 is 5.11 Å². The number of nitrogens with zero attached hydrogens (tertiary/aromatic N) is 4. The average molecular weight is 139 g/mol. The van der Waals surface area contributed by atoms with Crippen LogP contribution < -0.4 is 5.32 Å². The molecule has 0 aliphatic carbocycles. The highest BCUT2D eigenvalue weighted by molar-refractivity contribution is 5.59. The van der Waals surface area contributed by atoms with Crippen LogP contribution in [0, 0.1) is 0 Å². The summed E-state index contributed by atoms with van der Waals surface area (Å²) in [4.78, 5) is 7.56. The lowest BCUT2D eigenvalue weighted by Crippen LogP contribution is -2.28. The van der Waals surface area contributed by atoms with E-state index in [1.54, 1.807) is 0 Å². The third-order valence-corrected chi connectivity index (χ3v) is 1.19. The van der Waals surface area contributed by atoms with Crippen LogP contribution in [0.2, 0.25) is 0 Å². The largest absolute Gasteiger partial charge is 0.355 e. The Morgan fingerprint density at radius 3 is 3.40 bits per heavy atom. The van der Waals surface area contributed by atoms with E-state index >= 15 is 0 Å². The van der Waals surface area contributed by atoms with E-state index in [0.717, 1.165) is 0 Å². The maximum absolute atomic E-state index is 9.11. The minimum atomic E-state index is -0.838. The smallest absolute Gasteiger partial charge is 0.253 e. The molecule has 0 aromatic carbocycles. The van der Waals surface area contributed by atoms with Gasteiger partial charge in [0, 0.05) is 0 Å². The molecular formula is C4H5N5O. The van der Waals surface area contributed by atoms with Crippen LogP contribution in [0.25, 0.3) is 0 Å². The van der Waals surface area contributed by atoms with Gasteiger partial charge in [0.15, 0.2) is 0 Å². The fourth-order valence-electron chi connectivity index (χ4n) is 0.741. The second-order valence-corrected chi connectivity index (χ2v) is 1.80. The molecule has 1 unspecified atom stereocenters. The van der Waals surface area contributed by atoms with E-state index in [4.69, 9.17) is 5.11 Å². The molecule has 0 spiro atoms. The van der Waals surface area contributed by atoms with Crippen molar-refractivity contribution >= 4 is 12.3 Å². The summed E-state index contributed by atoms with van der Waals surface area (Å²) in [5, 5.41) is 15.4. The van der Waals surface area contributed by atoms with Gasteiger partial charge < -0.3 is 10.4 Å². The SMILES string of the molecule is OC1NC=Nc2ncnn21. The van der Waals surface area contributed by atoms with Crippen LogP contribution in [0.1, 0.15) is 6.35 Å². The topological polar surface area (TPSA) is 75.3 Å². The molecule has 2 N–H and O–H groups in total. The number of rotatable bonds is 0. The summed E-state index contributed by atoms with van der Waals surface area (Å²) < 4.78 is 1.28. The highest BCUT2D eigenvalue weighted by Gasteiger charge is 2.13. The minimum absolute atomic E-state index is 0.409. The van der Waals surface area contributed by atoms with E-state index in [1.165, 1.54) is 17.3 Å². The lowest BCUT2D eigenvalue weighted by molar-refractivity contribution is 0.0760. The summed E-state index contributed by atoms with van der Waals surface area (Å²) in [6.07, 6.45) is 1.88. The number of aliphatic hydroxyl groups excluding tert-OH is 1. The monoisotopic (exact) mass is 139 g/mol. The first kappa shape index (κ1) is 5.36. The minimum Gasteiger partial charge on any atom is -0.355 e. The molecule has 0 radical (unpaired) electrons. The van der Waals surface area contributed by atoms with E-state index in [1.807, 2.05) is 0 Å². The molecule has 1 aliphatic rings. The summed E-state index contributed by atoms with van der Waals surface area (Å²) in [6, 6.07) is 0. The highest BCUT2D eigenvalue weighted by Crippen LogP contribution is 2.11. The molecule has 0 saturated heterocycles. The van der Waals surface area contributed by atoms with Gasteiger partial charge in [-0.2, -0.15) is 14.8 Å². The second kappa shape index (κ2) is 1.77. The lowest BCUT2D eigenvalue weighted by atomic mass is 10.8. The first-order valence-electron chi connectivity index (χ1n) is 2.74. The van der Waals surface area contributed by atoms with Gasteiger partial charge >= 0.3 is 0 Å². The van der Waals surface area contributed by atoms with Gasteiger partial charge in [-0.25, -0.2) is 4.99 Å². The second-order valence-electron chi connectivity index (χ2n) is 1.80. The zero-order chi connectivity index (χ0) is 6.97. The van der Waals surface area contributed by atoms with E-state index in [0.29, 0.717) is 5.95 Å². The molecule has 1 aromatic rings. The van der Waals surface area contributed by atoms with E-state index in [2.05, 4.69) is 20.4 Å². The Labute approximate surface area is 56.2 Å². The summed E-state index contributed by atoms with van der Waals surface area (Å²) in [6.45, 7) is 0. The zero-order valence-electron chi connectivity index (χ0n) is 4.97. The molecule has 0 bridgehead atoms. The average Bonchev–Trinajstić information content (AvgIpc) is 2.36. The molecule has 0 saturated carbocycles. The summed E-state index contributed by atoms with van der Waals surface area (Å²) in [5.41, 5.74) is 0. The predicted octanol–water partition coefficient (Wildman–Crippen LogP) is -1.01. The lowest BCUT2D eigenvalue weighted by Gasteiger charge is -2.14. The van der Waals surface area contributed by atoms with Crippen molar-refractivity contribution in [2.45, 2.75) is 6.35 Å². The molecule has 10 heavy (non-hydrogen) atoms. The van der Waals surface area contributed by atoms with Gasteiger partial charge in [-0.1, -0.05) is 0 Å². The summed E-state index contributed by atoms with van der Waals surface area (Å²) >= 11 is 0. The van der Waals surface area contributed by atoms with Crippen LogP contribution in [-0.2, 0) is 0 Å². The highest BCUT2D eigenvalue weighted by atomic mass is 16.3. The summed E-state index contributed by atoms with van der Waals surface area (Å²) in [7, 11) is 0. The Bertz CT molecular complexity index is 266. The molecule has 6 nitrogen and oxygen atoms in total. The van der Waals surface area contributed by atoms with Crippen molar-refractivity contribution in [3.05, 3.63) is 6.33 Å². The van der Waals surface area contributed by atoms with E-state index in [-0.39, 0.29) is 0 Å². The van der Waals surface area contributed by atoms with Gasteiger partial charge in [0.05, 0.1) is 6.34 Å². The maximum Gasteiger partial charge on any atom is 0.253 e. The van der Waals surface area contributed by atoms with Gasteiger partial charge in [-0.3, -0.25) is 0 Å². The molecule has 0 fully saturated rings. The Balaban J connectivity index is 2.52. The van der Waals surface area contributed by atoms with Gasteiger partial charge in [-0.15, -0.1) is 0 Å². The third kappa shape index (κ3) is 0.591. The Morgan fingerprint density at radius 2 is 2.60 bits per heavy atom. The standard InChI is InChI=1S/C4H5N5O/c10-4-7-1-5-3-6-2-8-9(3)4/h1-2,4,10H,(H,5,6,7,8). The number of hydrogen-bond donors (Lipinski definition) is 2. The first-order chi connectivity index (χ1) is 4.88. The normalized spacial score (nSPS) is 21.9. The molecule has 2 rings (SSSR count). The number of aliphatic imine (C=N–C) groups is 1. The number of nitrogens with one attached hydrogen (secondary N) is 1. The van der Waals surface area contributed by atoms with Crippen LogP contribution in [0.15, 0.2) is 11.3 Å². The van der Waals surface area contributed by atoms with Crippen LogP contribution in [0.3, 0.4) is 0 Å². The predicted molar refractivity (Wildman–Crippen MR) is 32.6 cm³/mol. The van der Waals surface area contributed by atoms with Crippen LogP contribution in [0.4, 0.5) is 5.95 Å². The Kier molecular flexibility index (Phi) is 0.952. The van der Waals surface area contributed by atoms with Crippen molar-refractivity contribution in [1.82, 2.24) is 20.1 Å². The van der Waals surface area contributed by atoms with Crippen LogP contribution in [0.5, 0.6) is 0 Å². The Morgan fingerprint density at radius 1 is 1.70 bits per heavy atom. The number of aromatic nitrogens is 3. The van der Waals surface area contributed by atoms with Crippen molar-refractivity contribution in [1.29, 1.82) is 0 Å². The third-order valence-electron chi connectivity index (χ3n) is 1.19. The number of hydrogen-bond acceptors (Lipinski definition) is 5. The van der Waals surface area contributed by atoms with Crippen LogP contribution >= 0.6 is 0 Å². The van der Waals surface area contributed by atoms with Crippen molar-refractivity contribution in [2.24, 2.45) is 4.99 Å².